The van der Waals surface area contributed by atoms with Gasteiger partial charge in [0.25, 0.3) is 0 Å². The minimum Gasteiger partial charge on any atom is -0.388 e. The van der Waals surface area contributed by atoms with Crippen LogP contribution in [-0.4, -0.2) is 32.0 Å². The number of hydrogen-bond acceptors (Lipinski definition) is 7. The number of pyridine rings is 1. The van der Waals surface area contributed by atoms with E-state index in [0.29, 0.717) is 29.7 Å². The van der Waals surface area contributed by atoms with E-state index in [-0.39, 0.29) is 6.04 Å². The standard InChI is InChI=1S/C17H16FN7/c1-10-12-8-22-17(16-20-4-3-5-21-16)23-13(12)9-25(10)15-7-11(19-2)6-14(18)24-15/h3-8,10H,9H2,1-2H3,(H,19,24). The molecule has 7 nitrogen and oxygen atoms in total. The minimum absolute atomic E-state index is 0.000233. The van der Waals surface area contributed by atoms with E-state index in [9.17, 15) is 4.39 Å². The molecular weight excluding hydrogens is 321 g/mol. The molecule has 8 heteroatoms. The Balaban J connectivity index is 1.69. The van der Waals surface area contributed by atoms with E-state index < -0.39 is 5.95 Å². The smallest absolute Gasteiger partial charge is 0.216 e. The first-order valence-electron chi connectivity index (χ1n) is 7.91. The van der Waals surface area contributed by atoms with Crippen molar-refractivity contribution >= 4 is 11.5 Å². The van der Waals surface area contributed by atoms with Crippen LogP contribution in [0, 0.1) is 5.95 Å². The molecule has 1 N–H and O–H groups in total. The van der Waals surface area contributed by atoms with Gasteiger partial charge in [0.2, 0.25) is 5.95 Å². The van der Waals surface area contributed by atoms with Gasteiger partial charge in [0.05, 0.1) is 18.3 Å². The highest BCUT2D eigenvalue weighted by atomic mass is 19.1. The van der Waals surface area contributed by atoms with Crippen LogP contribution in [-0.2, 0) is 6.54 Å². The zero-order chi connectivity index (χ0) is 17.4. The molecule has 3 aromatic rings. The summed E-state index contributed by atoms with van der Waals surface area (Å²) in [4.78, 5) is 23.4. The van der Waals surface area contributed by atoms with E-state index >= 15 is 0 Å². The van der Waals surface area contributed by atoms with Crippen LogP contribution in [0.2, 0.25) is 0 Å². The Labute approximate surface area is 144 Å². The van der Waals surface area contributed by atoms with Gasteiger partial charge in [-0.05, 0) is 13.0 Å². The van der Waals surface area contributed by atoms with Crippen molar-refractivity contribution in [3.63, 3.8) is 0 Å². The maximum Gasteiger partial charge on any atom is 0.216 e. The van der Waals surface area contributed by atoms with Crippen LogP contribution in [0.25, 0.3) is 11.6 Å². The van der Waals surface area contributed by atoms with Gasteiger partial charge >= 0.3 is 0 Å². The van der Waals surface area contributed by atoms with Crippen LogP contribution in [0.1, 0.15) is 24.2 Å². The fourth-order valence-corrected chi connectivity index (χ4v) is 2.94. The first kappa shape index (κ1) is 15.4. The fraction of sp³-hybridized carbons (Fsp3) is 0.235. The molecule has 0 radical (unpaired) electrons. The third-order valence-corrected chi connectivity index (χ3v) is 4.27. The molecule has 1 aliphatic rings. The molecule has 0 aromatic carbocycles. The molecule has 126 valence electrons. The number of anilines is 2. The third kappa shape index (κ3) is 2.75. The van der Waals surface area contributed by atoms with Crippen molar-refractivity contribution in [2.24, 2.45) is 0 Å². The maximum atomic E-state index is 13.8. The largest absolute Gasteiger partial charge is 0.388 e. The molecule has 25 heavy (non-hydrogen) atoms. The Bertz CT molecular complexity index is 916. The molecule has 0 amide bonds. The molecule has 4 heterocycles. The van der Waals surface area contributed by atoms with Gasteiger partial charge in [0.15, 0.2) is 11.6 Å². The molecule has 1 atom stereocenters. The summed E-state index contributed by atoms with van der Waals surface area (Å²) in [7, 11) is 1.75. The van der Waals surface area contributed by atoms with E-state index in [2.05, 4.69) is 30.2 Å². The molecule has 3 aromatic heterocycles. The van der Waals surface area contributed by atoms with E-state index in [1.54, 1.807) is 31.7 Å². The number of aromatic nitrogens is 5. The Morgan fingerprint density at radius 1 is 1.12 bits per heavy atom. The van der Waals surface area contributed by atoms with Crippen molar-refractivity contribution in [3.8, 4) is 11.6 Å². The van der Waals surface area contributed by atoms with Gasteiger partial charge in [0, 0.05) is 49.0 Å². The number of nitrogens with one attached hydrogen (secondary N) is 1. The monoisotopic (exact) mass is 337 g/mol. The Kier molecular flexibility index (Phi) is 3.72. The first-order valence-corrected chi connectivity index (χ1v) is 7.91. The highest BCUT2D eigenvalue weighted by molar-refractivity contribution is 5.57. The minimum atomic E-state index is -0.519. The summed E-state index contributed by atoms with van der Waals surface area (Å²) >= 11 is 0. The van der Waals surface area contributed by atoms with E-state index in [1.807, 2.05) is 17.9 Å². The summed E-state index contributed by atoms with van der Waals surface area (Å²) in [6, 6.07) is 4.93. The highest BCUT2D eigenvalue weighted by Crippen LogP contribution is 2.36. The Hall–Kier alpha value is -3.16. The van der Waals surface area contributed by atoms with Gasteiger partial charge in [-0.15, -0.1) is 0 Å². The SMILES string of the molecule is CNc1cc(F)nc(N2Cc3nc(-c4ncccn4)ncc3C2C)c1. The summed E-state index contributed by atoms with van der Waals surface area (Å²) < 4.78 is 13.8. The lowest BCUT2D eigenvalue weighted by atomic mass is 10.1. The molecule has 4 rings (SSSR count). The van der Waals surface area contributed by atoms with Crippen molar-refractivity contribution < 1.29 is 4.39 Å². The normalized spacial score (nSPS) is 16.0. The molecule has 0 fully saturated rings. The lowest BCUT2D eigenvalue weighted by Crippen LogP contribution is -2.20. The van der Waals surface area contributed by atoms with Gasteiger partial charge in [0.1, 0.15) is 5.82 Å². The number of halogens is 1. The Morgan fingerprint density at radius 2 is 1.92 bits per heavy atom. The molecule has 1 aliphatic heterocycles. The van der Waals surface area contributed by atoms with Crippen LogP contribution in [0.4, 0.5) is 15.9 Å². The van der Waals surface area contributed by atoms with Crippen LogP contribution in [0.5, 0.6) is 0 Å². The predicted molar refractivity (Wildman–Crippen MR) is 91.4 cm³/mol. The lowest BCUT2D eigenvalue weighted by Gasteiger charge is -2.23. The summed E-state index contributed by atoms with van der Waals surface area (Å²) in [6.07, 6.45) is 5.10. The van der Waals surface area contributed by atoms with Gasteiger partial charge in [-0.25, -0.2) is 24.9 Å². The zero-order valence-electron chi connectivity index (χ0n) is 13.8. The van der Waals surface area contributed by atoms with Crippen molar-refractivity contribution in [1.29, 1.82) is 0 Å². The van der Waals surface area contributed by atoms with Crippen LogP contribution < -0.4 is 10.2 Å². The number of fused-ring (bicyclic) bond motifs is 1. The molecule has 1 unspecified atom stereocenters. The second-order valence-corrected chi connectivity index (χ2v) is 5.76. The average molecular weight is 337 g/mol. The van der Waals surface area contributed by atoms with Crippen LogP contribution >= 0.6 is 0 Å². The molecule has 0 saturated carbocycles. The van der Waals surface area contributed by atoms with Gasteiger partial charge in [-0.3, -0.25) is 0 Å². The number of rotatable bonds is 3. The summed E-state index contributed by atoms with van der Waals surface area (Å²) in [6.45, 7) is 2.55. The fourth-order valence-electron chi connectivity index (χ4n) is 2.94. The second kappa shape index (κ2) is 6.04. The molecule has 0 aliphatic carbocycles. The topological polar surface area (TPSA) is 79.7 Å². The molecular formula is C17H16FN7. The lowest BCUT2D eigenvalue weighted by molar-refractivity contribution is 0.578. The van der Waals surface area contributed by atoms with Crippen molar-refractivity contribution in [1.82, 2.24) is 24.9 Å². The van der Waals surface area contributed by atoms with E-state index in [0.717, 1.165) is 11.3 Å². The van der Waals surface area contributed by atoms with Crippen LogP contribution in [0.15, 0.2) is 36.8 Å². The highest BCUT2D eigenvalue weighted by Gasteiger charge is 2.30. The average Bonchev–Trinajstić information content (AvgIpc) is 2.98. The second-order valence-electron chi connectivity index (χ2n) is 5.76. The number of nitrogens with zero attached hydrogens (tertiary/aromatic N) is 6. The zero-order valence-corrected chi connectivity index (χ0v) is 13.8. The third-order valence-electron chi connectivity index (χ3n) is 4.27. The van der Waals surface area contributed by atoms with E-state index in [1.165, 1.54) is 6.07 Å². The van der Waals surface area contributed by atoms with Crippen molar-refractivity contribution in [2.75, 3.05) is 17.3 Å². The first-order chi connectivity index (χ1) is 12.2. The van der Waals surface area contributed by atoms with Gasteiger partial charge in [-0.1, -0.05) is 0 Å². The summed E-state index contributed by atoms with van der Waals surface area (Å²) in [5.41, 5.74) is 2.55. The van der Waals surface area contributed by atoms with Crippen molar-refractivity contribution in [3.05, 3.63) is 54.0 Å². The maximum absolute atomic E-state index is 13.8. The molecule has 0 spiro atoms. The number of hydrogen-bond donors (Lipinski definition) is 1. The molecule has 0 saturated heterocycles. The quantitative estimate of drug-likeness (QED) is 0.736. The summed E-state index contributed by atoms with van der Waals surface area (Å²) in [5, 5.41) is 2.95. The van der Waals surface area contributed by atoms with Crippen LogP contribution in [0.3, 0.4) is 0 Å². The molecule has 0 bridgehead atoms. The van der Waals surface area contributed by atoms with Gasteiger partial charge < -0.3 is 10.2 Å². The van der Waals surface area contributed by atoms with Gasteiger partial charge in [-0.2, -0.15) is 4.39 Å². The van der Waals surface area contributed by atoms with Crippen molar-refractivity contribution in [2.45, 2.75) is 19.5 Å². The predicted octanol–water partition coefficient (Wildman–Crippen LogP) is 2.59. The summed E-state index contributed by atoms with van der Waals surface area (Å²) in [5.74, 6) is 1.01. The van der Waals surface area contributed by atoms with E-state index in [4.69, 9.17) is 0 Å². The Morgan fingerprint density at radius 3 is 2.68 bits per heavy atom.